The molecule has 4 atom stereocenters. The fourth-order valence-corrected chi connectivity index (χ4v) is 4.53. The van der Waals surface area contributed by atoms with E-state index in [0.29, 0.717) is 18.6 Å². The molecule has 0 aromatic heterocycles. The second-order valence-corrected chi connectivity index (χ2v) is 8.22. The average Bonchev–Trinajstić information content (AvgIpc) is 3.12. The molecule has 3 heteroatoms. The van der Waals surface area contributed by atoms with Gasteiger partial charge in [0.15, 0.2) is 0 Å². The molecule has 0 spiro atoms. The lowest BCUT2D eigenvalue weighted by Gasteiger charge is -2.06. The lowest BCUT2D eigenvalue weighted by atomic mass is 10.1. The van der Waals surface area contributed by atoms with Gasteiger partial charge in [0.1, 0.15) is 12.2 Å². The Labute approximate surface area is 177 Å². The van der Waals surface area contributed by atoms with E-state index in [1.807, 2.05) is 24.3 Å². The van der Waals surface area contributed by atoms with Crippen LogP contribution in [0.5, 0.6) is 0 Å². The van der Waals surface area contributed by atoms with E-state index in [1.165, 1.54) is 22.3 Å². The van der Waals surface area contributed by atoms with Gasteiger partial charge in [-0.2, -0.15) is 0 Å². The molecule has 7 rings (SSSR count). The Morgan fingerprint density at radius 1 is 0.700 bits per heavy atom. The van der Waals surface area contributed by atoms with E-state index < -0.39 is 12.2 Å². The maximum atomic E-state index is 9.40. The smallest absolute Gasteiger partial charge is 0.110 e. The zero-order chi connectivity index (χ0) is 20.5. The summed E-state index contributed by atoms with van der Waals surface area (Å²) in [7, 11) is 0. The first-order valence-corrected chi connectivity index (χ1v) is 10.6. The molecule has 0 radical (unpaired) electrons. The largest absolute Gasteiger partial charge is 0.390 e. The SMILES string of the molecule is C1=Cc2ccccc2C1.O[C@@H]1Cc2ccccc2[C@H]1O.c1ccc2c(c1)C[C@H]1O[C@@H]21. The number of allylic oxidation sites excluding steroid dienone is 1. The fourth-order valence-electron chi connectivity index (χ4n) is 4.53. The Morgan fingerprint density at radius 3 is 2.03 bits per heavy atom. The predicted molar refractivity (Wildman–Crippen MR) is 118 cm³/mol. The van der Waals surface area contributed by atoms with Gasteiger partial charge in [0.2, 0.25) is 0 Å². The van der Waals surface area contributed by atoms with Crippen molar-refractivity contribution in [1.29, 1.82) is 0 Å². The van der Waals surface area contributed by atoms with Crippen LogP contribution in [0.4, 0.5) is 0 Å². The van der Waals surface area contributed by atoms with Crippen molar-refractivity contribution in [3.05, 3.63) is 112 Å². The predicted octanol–water partition coefficient (Wildman–Crippen LogP) is 4.58. The molecular formula is C27H26O3. The van der Waals surface area contributed by atoms with Gasteiger partial charge in [-0.25, -0.2) is 0 Å². The number of aliphatic hydroxyl groups is 2. The first-order valence-electron chi connectivity index (χ1n) is 10.6. The van der Waals surface area contributed by atoms with Gasteiger partial charge in [-0.1, -0.05) is 84.9 Å². The van der Waals surface area contributed by atoms with E-state index in [-0.39, 0.29) is 0 Å². The van der Waals surface area contributed by atoms with Crippen molar-refractivity contribution in [3.8, 4) is 0 Å². The molecule has 0 bridgehead atoms. The number of hydrogen-bond donors (Lipinski definition) is 2. The molecular weight excluding hydrogens is 372 g/mol. The summed E-state index contributed by atoms with van der Waals surface area (Å²) >= 11 is 0. The summed E-state index contributed by atoms with van der Waals surface area (Å²) in [6.45, 7) is 0. The Morgan fingerprint density at radius 2 is 1.33 bits per heavy atom. The quantitative estimate of drug-likeness (QED) is 0.545. The number of benzene rings is 3. The number of epoxide rings is 1. The van der Waals surface area contributed by atoms with E-state index in [2.05, 4.69) is 60.7 Å². The van der Waals surface area contributed by atoms with E-state index in [4.69, 9.17) is 4.74 Å². The van der Waals surface area contributed by atoms with Crippen LogP contribution in [-0.4, -0.2) is 22.4 Å². The molecule has 4 aliphatic rings. The van der Waals surface area contributed by atoms with Gasteiger partial charge in [-0.3, -0.25) is 0 Å². The number of rotatable bonds is 0. The summed E-state index contributed by atoms with van der Waals surface area (Å²) in [6, 6.07) is 24.6. The lowest BCUT2D eigenvalue weighted by Crippen LogP contribution is -2.11. The van der Waals surface area contributed by atoms with Crippen LogP contribution in [0.3, 0.4) is 0 Å². The first-order chi connectivity index (χ1) is 14.7. The molecule has 3 nitrogen and oxygen atoms in total. The van der Waals surface area contributed by atoms with E-state index >= 15 is 0 Å². The number of fused-ring (bicyclic) bond motifs is 5. The van der Waals surface area contributed by atoms with Crippen LogP contribution in [0.15, 0.2) is 78.9 Å². The van der Waals surface area contributed by atoms with Gasteiger partial charge in [-0.15, -0.1) is 0 Å². The summed E-state index contributed by atoms with van der Waals surface area (Å²) in [5.74, 6) is 0. The molecule has 2 N–H and O–H groups in total. The molecule has 0 unspecified atom stereocenters. The highest BCUT2D eigenvalue weighted by atomic mass is 16.6. The zero-order valence-corrected chi connectivity index (χ0v) is 16.8. The topological polar surface area (TPSA) is 53.0 Å². The number of hydrogen-bond acceptors (Lipinski definition) is 3. The molecule has 30 heavy (non-hydrogen) atoms. The van der Waals surface area contributed by atoms with Crippen molar-refractivity contribution in [2.24, 2.45) is 0 Å². The normalized spacial score (nSPS) is 25.7. The molecule has 3 aromatic rings. The summed E-state index contributed by atoms with van der Waals surface area (Å²) in [4.78, 5) is 0. The van der Waals surface area contributed by atoms with Gasteiger partial charge in [-0.05, 0) is 39.8 Å². The summed E-state index contributed by atoms with van der Waals surface area (Å²) in [5, 5.41) is 18.7. The van der Waals surface area contributed by atoms with E-state index in [1.54, 1.807) is 0 Å². The Kier molecular flexibility index (Phi) is 5.26. The number of aliphatic hydroxyl groups excluding tert-OH is 2. The minimum Gasteiger partial charge on any atom is -0.390 e. The van der Waals surface area contributed by atoms with Gasteiger partial charge in [0, 0.05) is 12.8 Å². The van der Waals surface area contributed by atoms with Crippen molar-refractivity contribution >= 4 is 6.08 Å². The highest BCUT2D eigenvalue weighted by Gasteiger charge is 2.46. The third-order valence-corrected chi connectivity index (χ3v) is 6.22. The van der Waals surface area contributed by atoms with Gasteiger partial charge in [0.05, 0.1) is 12.2 Å². The highest BCUT2D eigenvalue weighted by Crippen LogP contribution is 2.48. The van der Waals surface area contributed by atoms with Gasteiger partial charge in [0.25, 0.3) is 0 Å². The molecule has 1 saturated heterocycles. The van der Waals surface area contributed by atoms with Crippen LogP contribution in [0, 0.1) is 0 Å². The van der Waals surface area contributed by atoms with Crippen molar-refractivity contribution < 1.29 is 14.9 Å². The first kappa shape index (κ1) is 19.3. The second-order valence-electron chi connectivity index (χ2n) is 8.22. The third-order valence-electron chi connectivity index (χ3n) is 6.22. The van der Waals surface area contributed by atoms with Crippen LogP contribution < -0.4 is 0 Å². The monoisotopic (exact) mass is 398 g/mol. The number of ether oxygens (including phenoxy) is 1. The van der Waals surface area contributed by atoms with Crippen LogP contribution in [0.1, 0.15) is 45.6 Å². The zero-order valence-electron chi connectivity index (χ0n) is 16.8. The maximum absolute atomic E-state index is 9.40. The fraction of sp³-hybridized carbons (Fsp3) is 0.259. The molecule has 152 valence electrons. The van der Waals surface area contributed by atoms with Gasteiger partial charge >= 0.3 is 0 Å². The Bertz CT molecular complexity index is 1070. The Hall–Kier alpha value is -2.72. The van der Waals surface area contributed by atoms with E-state index in [0.717, 1.165) is 24.0 Å². The molecule has 1 fully saturated rings. The van der Waals surface area contributed by atoms with Crippen molar-refractivity contribution in [2.75, 3.05) is 0 Å². The van der Waals surface area contributed by atoms with Gasteiger partial charge < -0.3 is 14.9 Å². The second kappa shape index (κ2) is 8.19. The van der Waals surface area contributed by atoms with Crippen molar-refractivity contribution in [3.63, 3.8) is 0 Å². The molecule has 1 heterocycles. The molecule has 3 aromatic carbocycles. The van der Waals surface area contributed by atoms with Crippen LogP contribution in [0.25, 0.3) is 6.08 Å². The van der Waals surface area contributed by atoms with Crippen LogP contribution >= 0.6 is 0 Å². The summed E-state index contributed by atoms with van der Waals surface area (Å²) in [5.41, 5.74) is 7.69. The minimum absolute atomic E-state index is 0.469. The van der Waals surface area contributed by atoms with Crippen LogP contribution in [0.2, 0.25) is 0 Å². The van der Waals surface area contributed by atoms with Crippen molar-refractivity contribution in [2.45, 2.75) is 43.7 Å². The standard InChI is InChI=1S/C9H10O2.C9H8O.C9H8/c10-8-5-6-3-1-2-4-7(6)9(8)11;1-2-4-7-6(3-1)5-8-9(7)10-8;1-2-5-9-7-3-6-8(9)4-1/h1-4,8-11H,5H2;1-4,8-9H,5H2;1-6H,7H2/t8-,9-;8-,9+;/m11./s1. The summed E-state index contributed by atoms with van der Waals surface area (Å²) < 4.78 is 5.38. The lowest BCUT2D eigenvalue weighted by molar-refractivity contribution is 0.0326. The van der Waals surface area contributed by atoms with E-state index in [9.17, 15) is 10.2 Å². The summed E-state index contributed by atoms with van der Waals surface area (Å²) in [6.07, 6.45) is 6.95. The molecule has 1 aliphatic heterocycles. The molecule has 0 saturated carbocycles. The molecule has 3 aliphatic carbocycles. The minimum atomic E-state index is -0.675. The van der Waals surface area contributed by atoms with Crippen LogP contribution in [-0.2, 0) is 24.0 Å². The Balaban J connectivity index is 0.0000000968. The van der Waals surface area contributed by atoms with Crippen molar-refractivity contribution in [1.82, 2.24) is 0 Å². The highest BCUT2D eigenvalue weighted by molar-refractivity contribution is 5.59. The maximum Gasteiger partial charge on any atom is 0.110 e. The third kappa shape index (κ3) is 3.84. The average molecular weight is 399 g/mol. The molecule has 0 amide bonds.